The SMILES string of the molecule is CN(C)C(CNC(=O)c1ccc(OC(F)F)cc1)c1cccc(F)c1. The Morgan fingerprint density at radius 3 is 2.40 bits per heavy atom. The van der Waals surface area contributed by atoms with Gasteiger partial charge in [0.05, 0.1) is 6.04 Å². The van der Waals surface area contributed by atoms with Crippen LogP contribution in [0.4, 0.5) is 13.2 Å². The molecule has 2 aromatic rings. The highest BCUT2D eigenvalue weighted by Crippen LogP contribution is 2.19. The Bertz CT molecular complexity index is 706. The molecule has 1 N–H and O–H groups in total. The summed E-state index contributed by atoms with van der Waals surface area (Å²) in [5, 5.41) is 2.77. The standard InChI is InChI=1S/C18H19F3N2O2/c1-23(2)16(13-4-3-5-14(19)10-13)11-22-17(24)12-6-8-15(9-7-12)25-18(20)21/h3-10,16,18H,11H2,1-2H3,(H,22,24). The molecule has 4 nitrogen and oxygen atoms in total. The Morgan fingerprint density at radius 2 is 1.84 bits per heavy atom. The van der Waals surface area contributed by atoms with Gasteiger partial charge >= 0.3 is 6.61 Å². The van der Waals surface area contributed by atoms with E-state index in [0.29, 0.717) is 5.56 Å². The summed E-state index contributed by atoms with van der Waals surface area (Å²) in [5.74, 6) is -0.713. The molecule has 134 valence electrons. The smallest absolute Gasteiger partial charge is 0.387 e. The zero-order valence-corrected chi connectivity index (χ0v) is 13.9. The average molecular weight is 352 g/mol. The van der Waals surface area contributed by atoms with Crippen LogP contribution in [0.5, 0.6) is 5.75 Å². The van der Waals surface area contributed by atoms with Gasteiger partial charge in [-0.05, 0) is 56.1 Å². The molecule has 0 aliphatic heterocycles. The summed E-state index contributed by atoms with van der Waals surface area (Å²) >= 11 is 0. The molecule has 0 saturated heterocycles. The molecule has 7 heteroatoms. The monoisotopic (exact) mass is 352 g/mol. The van der Waals surface area contributed by atoms with Crippen molar-refractivity contribution in [3.8, 4) is 5.75 Å². The predicted octanol–water partition coefficient (Wildman–Crippen LogP) is 3.46. The van der Waals surface area contributed by atoms with E-state index in [1.54, 1.807) is 12.1 Å². The molecule has 0 aliphatic rings. The molecular weight excluding hydrogens is 333 g/mol. The van der Waals surface area contributed by atoms with Gasteiger partial charge in [-0.3, -0.25) is 4.79 Å². The number of rotatable bonds is 7. The maximum absolute atomic E-state index is 13.4. The quantitative estimate of drug-likeness (QED) is 0.830. The normalized spacial score (nSPS) is 12.3. The van der Waals surface area contributed by atoms with Crippen LogP contribution in [0.2, 0.25) is 0 Å². The lowest BCUT2D eigenvalue weighted by molar-refractivity contribution is -0.0498. The van der Waals surface area contributed by atoms with Gasteiger partial charge in [0.2, 0.25) is 0 Å². The van der Waals surface area contributed by atoms with Gasteiger partial charge in [0.25, 0.3) is 5.91 Å². The Balaban J connectivity index is 2.01. The van der Waals surface area contributed by atoms with Crippen molar-refractivity contribution < 1.29 is 22.7 Å². The summed E-state index contributed by atoms with van der Waals surface area (Å²) in [6.45, 7) is -2.64. The number of halogens is 3. The van der Waals surface area contributed by atoms with Crippen LogP contribution in [0.25, 0.3) is 0 Å². The van der Waals surface area contributed by atoms with Gasteiger partial charge in [0, 0.05) is 12.1 Å². The first-order chi connectivity index (χ1) is 11.9. The fourth-order valence-electron chi connectivity index (χ4n) is 2.39. The summed E-state index contributed by atoms with van der Waals surface area (Å²) in [5.41, 5.74) is 1.06. The number of carbonyl (C=O) groups is 1. The molecule has 0 aromatic heterocycles. The van der Waals surface area contributed by atoms with E-state index in [1.165, 1.54) is 36.4 Å². The molecule has 1 unspecified atom stereocenters. The largest absolute Gasteiger partial charge is 0.435 e. The van der Waals surface area contributed by atoms with Crippen molar-refractivity contribution in [1.82, 2.24) is 10.2 Å². The highest BCUT2D eigenvalue weighted by Gasteiger charge is 2.16. The van der Waals surface area contributed by atoms with Crippen molar-refractivity contribution >= 4 is 5.91 Å². The van der Waals surface area contributed by atoms with Crippen molar-refractivity contribution in [2.45, 2.75) is 12.7 Å². The van der Waals surface area contributed by atoms with Crippen molar-refractivity contribution in [1.29, 1.82) is 0 Å². The van der Waals surface area contributed by atoms with E-state index in [4.69, 9.17) is 0 Å². The lowest BCUT2D eigenvalue weighted by atomic mass is 10.1. The number of ether oxygens (including phenoxy) is 1. The van der Waals surface area contributed by atoms with Crippen molar-refractivity contribution in [2.75, 3.05) is 20.6 Å². The summed E-state index contributed by atoms with van der Waals surface area (Å²) in [6, 6.07) is 11.4. The number of alkyl halides is 2. The molecule has 0 spiro atoms. The van der Waals surface area contributed by atoms with E-state index in [1.807, 2.05) is 19.0 Å². The van der Waals surface area contributed by atoms with Crippen LogP contribution in [-0.4, -0.2) is 38.1 Å². The van der Waals surface area contributed by atoms with Crippen molar-refractivity contribution in [3.05, 3.63) is 65.5 Å². The van der Waals surface area contributed by atoms with E-state index in [-0.39, 0.29) is 30.1 Å². The zero-order chi connectivity index (χ0) is 18.4. The van der Waals surface area contributed by atoms with Crippen LogP contribution in [0.3, 0.4) is 0 Å². The lowest BCUT2D eigenvalue weighted by Crippen LogP contribution is -2.34. The molecule has 0 bridgehead atoms. The molecule has 1 atom stereocenters. The third-order valence-electron chi connectivity index (χ3n) is 3.65. The van der Waals surface area contributed by atoms with E-state index in [2.05, 4.69) is 10.1 Å². The number of likely N-dealkylation sites (N-methyl/N-ethyl adjacent to an activating group) is 1. The minimum absolute atomic E-state index is 0.0162. The lowest BCUT2D eigenvalue weighted by Gasteiger charge is -2.25. The van der Waals surface area contributed by atoms with Crippen LogP contribution in [0, 0.1) is 5.82 Å². The number of amides is 1. The highest BCUT2D eigenvalue weighted by atomic mass is 19.3. The van der Waals surface area contributed by atoms with Crippen molar-refractivity contribution in [2.24, 2.45) is 0 Å². The first kappa shape index (κ1) is 18.8. The molecule has 0 fully saturated rings. The van der Waals surface area contributed by atoms with Gasteiger partial charge in [0.15, 0.2) is 0 Å². The second kappa shape index (κ2) is 8.53. The summed E-state index contributed by atoms with van der Waals surface area (Å²) in [7, 11) is 3.66. The van der Waals surface area contributed by atoms with E-state index in [0.717, 1.165) is 5.56 Å². The van der Waals surface area contributed by atoms with Crippen LogP contribution in [-0.2, 0) is 0 Å². The van der Waals surface area contributed by atoms with Crippen LogP contribution < -0.4 is 10.1 Å². The average Bonchev–Trinajstić information content (AvgIpc) is 2.54. The topological polar surface area (TPSA) is 41.6 Å². The fourth-order valence-corrected chi connectivity index (χ4v) is 2.39. The Morgan fingerprint density at radius 1 is 1.16 bits per heavy atom. The first-order valence-corrected chi connectivity index (χ1v) is 7.62. The minimum Gasteiger partial charge on any atom is -0.435 e. The van der Waals surface area contributed by atoms with E-state index >= 15 is 0 Å². The Labute approximate surface area is 144 Å². The maximum Gasteiger partial charge on any atom is 0.387 e. The molecular formula is C18H19F3N2O2. The zero-order valence-electron chi connectivity index (χ0n) is 13.9. The number of hydrogen-bond acceptors (Lipinski definition) is 3. The molecule has 0 radical (unpaired) electrons. The highest BCUT2D eigenvalue weighted by molar-refractivity contribution is 5.94. The summed E-state index contributed by atoms with van der Waals surface area (Å²) in [6.07, 6.45) is 0. The second-order valence-electron chi connectivity index (χ2n) is 5.65. The third kappa shape index (κ3) is 5.49. The molecule has 0 saturated carbocycles. The summed E-state index contributed by atoms with van der Waals surface area (Å²) < 4.78 is 41.9. The minimum atomic E-state index is -2.91. The van der Waals surface area contributed by atoms with E-state index < -0.39 is 6.61 Å². The number of nitrogens with one attached hydrogen (secondary N) is 1. The number of benzene rings is 2. The predicted molar refractivity (Wildman–Crippen MR) is 88.2 cm³/mol. The van der Waals surface area contributed by atoms with Gasteiger partial charge in [-0.1, -0.05) is 12.1 Å². The molecule has 1 amide bonds. The first-order valence-electron chi connectivity index (χ1n) is 7.62. The van der Waals surface area contributed by atoms with Gasteiger partial charge in [-0.25, -0.2) is 4.39 Å². The Kier molecular flexibility index (Phi) is 6.41. The van der Waals surface area contributed by atoms with Crippen LogP contribution in [0.1, 0.15) is 22.0 Å². The maximum atomic E-state index is 13.4. The van der Waals surface area contributed by atoms with Gasteiger partial charge in [-0.2, -0.15) is 8.78 Å². The van der Waals surface area contributed by atoms with Crippen LogP contribution >= 0.6 is 0 Å². The fraction of sp³-hybridized carbons (Fsp3) is 0.278. The second-order valence-corrected chi connectivity index (χ2v) is 5.65. The number of nitrogens with zero attached hydrogens (tertiary/aromatic N) is 1. The van der Waals surface area contributed by atoms with Gasteiger partial charge in [-0.15, -0.1) is 0 Å². The molecule has 2 rings (SSSR count). The molecule has 25 heavy (non-hydrogen) atoms. The molecule has 0 heterocycles. The Hall–Kier alpha value is -2.54. The van der Waals surface area contributed by atoms with Crippen molar-refractivity contribution in [3.63, 3.8) is 0 Å². The molecule has 0 aliphatic carbocycles. The number of carbonyl (C=O) groups excluding carboxylic acids is 1. The molecule has 2 aromatic carbocycles. The summed E-state index contributed by atoms with van der Waals surface area (Å²) in [4.78, 5) is 14.1. The van der Waals surface area contributed by atoms with E-state index in [9.17, 15) is 18.0 Å². The van der Waals surface area contributed by atoms with Gasteiger partial charge < -0.3 is 15.0 Å². The third-order valence-corrected chi connectivity index (χ3v) is 3.65. The van der Waals surface area contributed by atoms with Gasteiger partial charge in [0.1, 0.15) is 11.6 Å². The number of hydrogen-bond donors (Lipinski definition) is 1. The van der Waals surface area contributed by atoms with Crippen LogP contribution in [0.15, 0.2) is 48.5 Å².